The van der Waals surface area contributed by atoms with Gasteiger partial charge in [0.05, 0.1) is 16.8 Å². The van der Waals surface area contributed by atoms with E-state index in [2.05, 4.69) is 9.97 Å². The average molecular weight is 387 g/mol. The lowest BCUT2D eigenvalue weighted by atomic mass is 9.97. The van der Waals surface area contributed by atoms with Crippen LogP contribution in [-0.4, -0.2) is 14.5 Å². The molecule has 3 aliphatic rings. The maximum Gasteiger partial charge on any atom is 0.416 e. The second-order valence-electron chi connectivity index (χ2n) is 6.97. The van der Waals surface area contributed by atoms with Crippen molar-refractivity contribution in [2.75, 3.05) is 0 Å². The zero-order valence-electron chi connectivity index (χ0n) is 15.0. The van der Waals surface area contributed by atoms with E-state index in [1.54, 1.807) is 24.5 Å². The van der Waals surface area contributed by atoms with E-state index in [9.17, 15) is 17.6 Å². The van der Waals surface area contributed by atoms with Gasteiger partial charge in [0, 0.05) is 18.9 Å². The first kappa shape index (κ1) is 18.4. The van der Waals surface area contributed by atoms with Crippen LogP contribution in [0.2, 0.25) is 0 Å². The summed E-state index contributed by atoms with van der Waals surface area (Å²) in [6.07, 6.45) is 3.23. The second-order valence-corrected chi connectivity index (χ2v) is 6.97. The molecule has 7 heteroatoms. The Morgan fingerprint density at radius 2 is 1.79 bits per heavy atom. The molecule has 1 unspecified atom stereocenters. The standard InChI is InChI=1S/C21H17F4N3/c1-13-2-7-17(22)16(10-13)20-26-18-8-9-28(12-19(18)27-20)11-14-3-5-15(6-4-14)21(23,24)25/h3-10,12-13H,2,11H2,1H3. The van der Waals surface area contributed by atoms with Crippen LogP contribution in [0.1, 0.15) is 30.3 Å². The number of hydrogen-bond donors (Lipinski definition) is 0. The van der Waals surface area contributed by atoms with Crippen molar-refractivity contribution in [1.82, 2.24) is 14.5 Å². The van der Waals surface area contributed by atoms with Crippen molar-refractivity contribution in [1.29, 1.82) is 0 Å². The number of rotatable bonds is 3. The molecule has 0 radical (unpaired) electrons. The molecule has 1 aromatic rings. The first-order valence-corrected chi connectivity index (χ1v) is 8.87. The van der Waals surface area contributed by atoms with Gasteiger partial charge in [-0.3, -0.25) is 0 Å². The number of hydrogen-bond acceptors (Lipinski definition) is 2. The van der Waals surface area contributed by atoms with E-state index in [4.69, 9.17) is 0 Å². The van der Waals surface area contributed by atoms with E-state index in [-0.39, 0.29) is 11.7 Å². The van der Waals surface area contributed by atoms with Crippen LogP contribution < -0.4 is 0 Å². The van der Waals surface area contributed by atoms with Crippen molar-refractivity contribution in [3.63, 3.8) is 0 Å². The molecule has 144 valence electrons. The normalized spacial score (nSPS) is 17.5. The van der Waals surface area contributed by atoms with Crippen LogP contribution in [0.5, 0.6) is 0 Å². The first-order valence-electron chi connectivity index (χ1n) is 8.87. The van der Waals surface area contributed by atoms with Crippen molar-refractivity contribution in [2.45, 2.75) is 26.1 Å². The molecule has 0 N–H and O–H groups in total. The van der Waals surface area contributed by atoms with E-state index in [1.807, 2.05) is 17.6 Å². The highest BCUT2D eigenvalue weighted by atomic mass is 19.4. The Morgan fingerprint density at radius 3 is 2.50 bits per heavy atom. The van der Waals surface area contributed by atoms with Crippen LogP contribution in [0.25, 0.3) is 17.0 Å². The molecule has 1 aliphatic carbocycles. The fourth-order valence-electron chi connectivity index (χ4n) is 3.19. The van der Waals surface area contributed by atoms with Crippen LogP contribution in [0.15, 0.2) is 60.7 Å². The smallest absolute Gasteiger partial charge is 0.348 e. The van der Waals surface area contributed by atoms with Crippen LogP contribution in [0, 0.1) is 5.92 Å². The maximum absolute atomic E-state index is 14.1. The van der Waals surface area contributed by atoms with E-state index in [0.717, 1.165) is 17.7 Å². The summed E-state index contributed by atoms with van der Waals surface area (Å²) in [4.78, 5) is 8.85. The summed E-state index contributed by atoms with van der Waals surface area (Å²) in [6, 6.07) is 6.82. The molecular weight excluding hydrogens is 370 g/mol. The lowest BCUT2D eigenvalue weighted by Crippen LogP contribution is -2.05. The molecule has 0 amide bonds. The maximum atomic E-state index is 14.1. The molecule has 3 nitrogen and oxygen atoms in total. The Bertz CT molecular complexity index is 1030. The number of fused-ring (bicyclic) bond motifs is 1. The van der Waals surface area contributed by atoms with Crippen LogP contribution in [-0.2, 0) is 12.7 Å². The lowest BCUT2D eigenvalue weighted by molar-refractivity contribution is -0.137. The van der Waals surface area contributed by atoms with E-state index >= 15 is 0 Å². The number of imidazole rings is 1. The van der Waals surface area contributed by atoms with E-state index < -0.39 is 11.7 Å². The third kappa shape index (κ3) is 3.69. The molecule has 0 fully saturated rings. The minimum Gasteiger partial charge on any atom is -0.348 e. The fourth-order valence-corrected chi connectivity index (χ4v) is 3.19. The quantitative estimate of drug-likeness (QED) is 0.538. The summed E-state index contributed by atoms with van der Waals surface area (Å²) in [5, 5.41) is 0. The zero-order chi connectivity index (χ0) is 19.9. The van der Waals surface area contributed by atoms with Gasteiger partial charge in [-0.1, -0.05) is 25.1 Å². The molecule has 28 heavy (non-hydrogen) atoms. The van der Waals surface area contributed by atoms with E-state index in [1.165, 1.54) is 12.1 Å². The highest BCUT2D eigenvalue weighted by Crippen LogP contribution is 2.32. The van der Waals surface area contributed by atoms with Crippen molar-refractivity contribution in [3.8, 4) is 11.4 Å². The lowest BCUT2D eigenvalue weighted by Gasteiger charge is -2.11. The number of benzene rings is 1. The average Bonchev–Trinajstić information content (AvgIpc) is 3.06. The van der Waals surface area contributed by atoms with Gasteiger partial charge in [0.15, 0.2) is 5.82 Å². The SMILES string of the molecule is CC1C=C(c2nc3ccn(Cc4ccc(C(F)(F)F)cc4)cc-3n2)C(F)=CC1. The number of alkyl halides is 3. The summed E-state index contributed by atoms with van der Waals surface area (Å²) in [7, 11) is 0. The van der Waals surface area contributed by atoms with Crippen LogP contribution in [0.4, 0.5) is 17.6 Å². The number of aromatic nitrogens is 3. The third-order valence-corrected chi connectivity index (χ3v) is 4.69. The second kappa shape index (κ2) is 6.89. The van der Waals surface area contributed by atoms with Crippen LogP contribution >= 0.6 is 0 Å². The molecule has 0 bridgehead atoms. The van der Waals surface area contributed by atoms with Gasteiger partial charge < -0.3 is 4.57 Å². The summed E-state index contributed by atoms with van der Waals surface area (Å²) >= 11 is 0. The highest BCUT2D eigenvalue weighted by molar-refractivity contribution is 5.76. The molecule has 4 rings (SSSR count). The molecule has 0 saturated heterocycles. The Hall–Kier alpha value is -2.96. The van der Waals surface area contributed by atoms with Gasteiger partial charge in [-0.05, 0) is 42.2 Å². The van der Waals surface area contributed by atoms with Gasteiger partial charge in [-0.2, -0.15) is 13.2 Å². The predicted octanol–water partition coefficient (Wildman–Crippen LogP) is 5.73. The Kier molecular flexibility index (Phi) is 4.53. The molecule has 2 aliphatic heterocycles. The number of halogens is 4. The summed E-state index contributed by atoms with van der Waals surface area (Å²) in [5.74, 6) is 0.259. The fraction of sp³-hybridized carbons (Fsp3) is 0.238. The van der Waals surface area contributed by atoms with Crippen molar-refractivity contribution < 1.29 is 17.6 Å². The summed E-state index contributed by atoms with van der Waals surface area (Å²) < 4.78 is 54.0. The van der Waals surface area contributed by atoms with Gasteiger partial charge in [0.25, 0.3) is 0 Å². The van der Waals surface area contributed by atoms with Crippen molar-refractivity contribution >= 4 is 5.57 Å². The molecular formula is C21H17F4N3. The third-order valence-electron chi connectivity index (χ3n) is 4.69. The van der Waals surface area contributed by atoms with Gasteiger partial charge in [-0.25, -0.2) is 14.4 Å². The summed E-state index contributed by atoms with van der Waals surface area (Å²) in [6.45, 7) is 2.40. The Labute approximate surface area is 159 Å². The predicted molar refractivity (Wildman–Crippen MR) is 98.1 cm³/mol. The topological polar surface area (TPSA) is 30.7 Å². The zero-order valence-corrected chi connectivity index (χ0v) is 15.0. The van der Waals surface area contributed by atoms with Crippen molar-refractivity contribution in [2.24, 2.45) is 5.92 Å². The van der Waals surface area contributed by atoms with E-state index in [0.29, 0.717) is 35.8 Å². The molecule has 0 aromatic heterocycles. The monoisotopic (exact) mass is 387 g/mol. The van der Waals surface area contributed by atoms with Crippen LogP contribution in [0.3, 0.4) is 0 Å². The molecule has 1 aromatic carbocycles. The molecule has 1 atom stereocenters. The number of allylic oxidation sites excluding steroid dienone is 4. The Balaban J connectivity index is 1.59. The number of pyridine rings is 1. The minimum atomic E-state index is -4.35. The van der Waals surface area contributed by atoms with Gasteiger partial charge in [-0.15, -0.1) is 0 Å². The first-order chi connectivity index (χ1) is 13.3. The Morgan fingerprint density at radius 1 is 1.07 bits per heavy atom. The van der Waals surface area contributed by atoms with Gasteiger partial charge in [0.2, 0.25) is 0 Å². The molecule has 2 heterocycles. The molecule has 0 saturated carbocycles. The van der Waals surface area contributed by atoms with Gasteiger partial charge >= 0.3 is 6.18 Å². The minimum absolute atomic E-state index is 0.223. The highest BCUT2D eigenvalue weighted by Gasteiger charge is 2.29. The van der Waals surface area contributed by atoms with Gasteiger partial charge in [0.1, 0.15) is 11.5 Å². The summed E-state index contributed by atoms with van der Waals surface area (Å²) in [5.41, 5.74) is 1.72. The van der Waals surface area contributed by atoms with Crippen molar-refractivity contribution in [3.05, 3.63) is 77.7 Å². The largest absolute Gasteiger partial charge is 0.416 e. The number of nitrogens with zero attached hydrogens (tertiary/aromatic N) is 3. The molecule has 0 spiro atoms.